The van der Waals surface area contributed by atoms with E-state index in [4.69, 9.17) is 9.47 Å². The van der Waals surface area contributed by atoms with Crippen molar-refractivity contribution in [2.45, 2.75) is 82.1 Å². The molecule has 0 radical (unpaired) electrons. The maximum Gasteiger partial charge on any atom is 0.219 e. The second kappa shape index (κ2) is 22.0. The van der Waals surface area contributed by atoms with Crippen LogP contribution >= 0.6 is 0 Å². The number of aromatic amines is 1. The minimum atomic E-state index is -3.55. The molecule has 2 atom stereocenters. The third-order valence-electron chi connectivity index (χ3n) is 12.3. The van der Waals surface area contributed by atoms with Crippen LogP contribution in [0.5, 0.6) is 0 Å². The van der Waals surface area contributed by atoms with Crippen LogP contribution in [0.4, 0.5) is 0 Å². The fourth-order valence-corrected chi connectivity index (χ4v) is 10.5. The number of ether oxygens (including phenoxy) is 2. The predicted octanol–water partition coefficient (Wildman–Crippen LogP) is 6.42. The molecule has 0 spiro atoms. The van der Waals surface area contributed by atoms with Gasteiger partial charge in [0.1, 0.15) is 13.5 Å². The Balaban J connectivity index is 0.000000243. The summed E-state index contributed by atoms with van der Waals surface area (Å²) in [5, 5.41) is 2.24. The number of rotatable bonds is 18. The van der Waals surface area contributed by atoms with E-state index in [1.807, 2.05) is 84.9 Å². The Morgan fingerprint density at radius 1 is 0.714 bits per heavy atom. The first-order valence-corrected chi connectivity index (χ1v) is 24.8. The van der Waals surface area contributed by atoms with Crippen molar-refractivity contribution in [2.75, 3.05) is 48.0 Å². The molecule has 2 aliphatic heterocycles. The number of hydrogen-bond acceptors (Lipinski definition) is 8. The Morgan fingerprint density at radius 2 is 1.29 bits per heavy atom. The van der Waals surface area contributed by atoms with Gasteiger partial charge in [-0.3, -0.25) is 0 Å². The van der Waals surface area contributed by atoms with Gasteiger partial charge in [-0.1, -0.05) is 72.8 Å². The van der Waals surface area contributed by atoms with E-state index < -0.39 is 20.0 Å². The molecule has 2 aliphatic rings. The summed E-state index contributed by atoms with van der Waals surface area (Å²) in [5.74, 6) is -0.0556. The van der Waals surface area contributed by atoms with Crippen molar-refractivity contribution in [1.29, 1.82) is 0 Å². The molecule has 0 aliphatic carbocycles. The number of fused-ring (bicyclic) bond motifs is 2. The highest BCUT2D eigenvalue weighted by Crippen LogP contribution is 2.29. The Labute approximate surface area is 373 Å². The SMILES string of the molecule is CN1CCC[C@@H]1Cc1cn(COCc2ccccc2)c2ccc(CS(=O)(=O)N(C)COCc3ccccc3)cc12.CNS(=O)(=O)Cc1ccc2[nH]cc(C[C@H]3CCCN3C)c2c1.O. The van der Waals surface area contributed by atoms with Crippen LogP contribution < -0.4 is 4.72 Å². The molecular weight excluding hydrogens is 837 g/mol. The van der Waals surface area contributed by atoms with Gasteiger partial charge in [0.2, 0.25) is 20.0 Å². The van der Waals surface area contributed by atoms with E-state index in [-0.39, 0.29) is 23.7 Å². The van der Waals surface area contributed by atoms with E-state index in [0.717, 1.165) is 63.4 Å². The fraction of sp³-hybridized carbons (Fsp3) is 0.417. The standard InChI is InChI=1S/C32H39N3O4S.C16H23N3O2S.H2O/c1-33-17-9-14-30(33)19-29-20-35(25-39-22-27-12-7-4-8-13-27)32-16-15-28(18-31(29)32)23-40(36,37)34(2)24-38-21-26-10-5-3-6-11-26;1-17-22(20,21)11-12-5-6-16-15(8-12)13(10-18-16)9-14-4-3-7-19(14)2;/h3-8,10-13,15-16,18,20,30H,9,14,17,19,21-25H2,1-2H3;5-6,8,10,14,17-18H,3-4,7,9,11H2,1-2H3;1H2/t30-;14-;/m11./s1. The number of likely N-dealkylation sites (N-methyl/N-ethyl adjacent to an activating group) is 2. The Hall–Kier alpha value is -4.42. The summed E-state index contributed by atoms with van der Waals surface area (Å²) < 4.78 is 67.4. The molecular formula is C48H64N6O7S2. The third-order valence-corrected chi connectivity index (χ3v) is 15.4. The molecule has 6 aromatic rings. The van der Waals surface area contributed by atoms with Gasteiger partial charge in [-0.25, -0.2) is 21.6 Å². The molecule has 4 aromatic carbocycles. The van der Waals surface area contributed by atoms with Crippen LogP contribution in [0.3, 0.4) is 0 Å². The zero-order valence-electron chi connectivity index (χ0n) is 37.0. The normalized spacial score (nSPS) is 17.3. The van der Waals surface area contributed by atoms with Gasteiger partial charge in [0, 0.05) is 47.8 Å². The third kappa shape index (κ3) is 12.9. The molecule has 2 saturated heterocycles. The molecule has 2 aromatic heterocycles. The number of hydrogen-bond donors (Lipinski definition) is 2. The first-order chi connectivity index (χ1) is 29.9. The average molecular weight is 901 g/mol. The van der Waals surface area contributed by atoms with Gasteiger partial charge in [-0.15, -0.1) is 0 Å². The number of likely N-dealkylation sites (tertiary alicyclic amines) is 2. The molecule has 0 amide bonds. The molecule has 13 nitrogen and oxygen atoms in total. The summed E-state index contributed by atoms with van der Waals surface area (Å²) in [6, 6.07) is 32.8. The molecule has 4 N–H and O–H groups in total. The highest BCUT2D eigenvalue weighted by Gasteiger charge is 2.25. The van der Waals surface area contributed by atoms with Crippen molar-refractivity contribution in [1.82, 2.24) is 28.4 Å². The lowest BCUT2D eigenvalue weighted by atomic mass is 10.0. The van der Waals surface area contributed by atoms with Crippen LogP contribution in [0, 0.1) is 0 Å². The lowest BCUT2D eigenvalue weighted by molar-refractivity contribution is 0.0667. The molecule has 0 saturated carbocycles. The first kappa shape index (κ1) is 48.0. The summed E-state index contributed by atoms with van der Waals surface area (Å²) in [7, 11) is 0.600. The van der Waals surface area contributed by atoms with Gasteiger partial charge in [0.15, 0.2) is 0 Å². The average Bonchev–Trinajstić information content (AvgIpc) is 4.06. The van der Waals surface area contributed by atoms with Gasteiger partial charge in [-0.05, 0) is 130 Å². The Morgan fingerprint density at radius 3 is 1.89 bits per heavy atom. The van der Waals surface area contributed by atoms with Crippen LogP contribution in [0.15, 0.2) is 109 Å². The summed E-state index contributed by atoms with van der Waals surface area (Å²) >= 11 is 0. The highest BCUT2D eigenvalue weighted by atomic mass is 32.2. The predicted molar refractivity (Wildman–Crippen MR) is 252 cm³/mol. The van der Waals surface area contributed by atoms with Gasteiger partial charge >= 0.3 is 0 Å². The fourth-order valence-electron chi connectivity index (χ4n) is 8.64. The van der Waals surface area contributed by atoms with Crippen LogP contribution in [-0.2, 0) is 73.8 Å². The van der Waals surface area contributed by atoms with Crippen LogP contribution in [-0.4, -0.2) is 106 Å². The molecule has 2 fully saturated rings. The van der Waals surface area contributed by atoms with Crippen molar-refractivity contribution in [3.8, 4) is 0 Å². The summed E-state index contributed by atoms with van der Waals surface area (Å²) in [6.45, 7) is 3.63. The molecule has 340 valence electrons. The van der Waals surface area contributed by atoms with Gasteiger partial charge in [0.25, 0.3) is 0 Å². The number of aromatic nitrogens is 2. The van der Waals surface area contributed by atoms with Crippen molar-refractivity contribution in [2.24, 2.45) is 0 Å². The molecule has 0 bridgehead atoms. The monoisotopic (exact) mass is 900 g/mol. The number of sulfonamides is 2. The minimum absolute atomic E-state index is 0. The van der Waals surface area contributed by atoms with E-state index in [9.17, 15) is 16.8 Å². The van der Waals surface area contributed by atoms with E-state index in [1.54, 1.807) is 7.05 Å². The topological polar surface area (TPSA) is 161 Å². The molecule has 8 rings (SSSR count). The summed E-state index contributed by atoms with van der Waals surface area (Å²) in [6.07, 6.45) is 11.1. The van der Waals surface area contributed by atoms with Crippen LogP contribution in [0.2, 0.25) is 0 Å². The van der Waals surface area contributed by atoms with Gasteiger partial charge in [-0.2, -0.15) is 4.31 Å². The second-order valence-corrected chi connectivity index (χ2v) is 20.9. The van der Waals surface area contributed by atoms with E-state index >= 15 is 0 Å². The van der Waals surface area contributed by atoms with Gasteiger partial charge < -0.3 is 34.3 Å². The van der Waals surface area contributed by atoms with Crippen LogP contribution in [0.25, 0.3) is 21.8 Å². The molecule has 4 heterocycles. The first-order valence-electron chi connectivity index (χ1n) is 21.6. The Bertz CT molecular complexity index is 2600. The zero-order chi connectivity index (χ0) is 43.7. The maximum absolute atomic E-state index is 13.2. The molecule has 0 unspecified atom stereocenters. The quantitative estimate of drug-likeness (QED) is 0.0936. The highest BCUT2D eigenvalue weighted by molar-refractivity contribution is 7.88. The van der Waals surface area contributed by atoms with Crippen LogP contribution in [0.1, 0.15) is 59.1 Å². The smallest absolute Gasteiger partial charge is 0.219 e. The van der Waals surface area contributed by atoms with Crippen molar-refractivity contribution >= 4 is 41.9 Å². The van der Waals surface area contributed by atoms with E-state index in [1.165, 1.54) is 54.7 Å². The van der Waals surface area contributed by atoms with Gasteiger partial charge in [0.05, 0.1) is 30.2 Å². The van der Waals surface area contributed by atoms with Crippen molar-refractivity contribution < 1.29 is 31.8 Å². The molecule has 15 heteroatoms. The number of H-pyrrole nitrogens is 1. The number of benzene rings is 4. The van der Waals surface area contributed by atoms with E-state index in [0.29, 0.717) is 32.0 Å². The van der Waals surface area contributed by atoms with Crippen molar-refractivity contribution in [3.05, 3.63) is 143 Å². The van der Waals surface area contributed by atoms with Crippen molar-refractivity contribution in [3.63, 3.8) is 0 Å². The lowest BCUT2D eigenvalue weighted by Crippen LogP contribution is -2.30. The summed E-state index contributed by atoms with van der Waals surface area (Å²) in [5.41, 5.74) is 8.38. The molecule has 63 heavy (non-hydrogen) atoms. The minimum Gasteiger partial charge on any atom is -0.412 e. The number of nitrogens with zero attached hydrogens (tertiary/aromatic N) is 4. The second-order valence-electron chi connectivity index (χ2n) is 16.9. The number of nitrogens with one attached hydrogen (secondary N) is 2. The zero-order valence-corrected chi connectivity index (χ0v) is 38.6. The maximum atomic E-state index is 13.2. The largest absolute Gasteiger partial charge is 0.412 e. The van der Waals surface area contributed by atoms with E-state index in [2.05, 4.69) is 62.7 Å². The lowest BCUT2D eigenvalue weighted by Gasteiger charge is -2.19. The Kier molecular flexibility index (Phi) is 16.8. The summed E-state index contributed by atoms with van der Waals surface area (Å²) in [4.78, 5) is 8.13.